The molecule has 16 heavy (non-hydrogen) atoms. The average Bonchev–Trinajstić information content (AvgIpc) is 2.73. The Morgan fingerprint density at radius 3 is 3.12 bits per heavy atom. The number of ether oxygens (including phenoxy) is 1. The molecule has 0 radical (unpaired) electrons. The number of hydrogen-bond acceptors (Lipinski definition) is 3. The van der Waals surface area contributed by atoms with Crippen LogP contribution in [0.5, 0.6) is 0 Å². The van der Waals surface area contributed by atoms with E-state index in [1.807, 2.05) is 0 Å². The fraction of sp³-hybridized carbons (Fsp3) is 0.538. The van der Waals surface area contributed by atoms with E-state index in [0.717, 1.165) is 19.6 Å². The summed E-state index contributed by atoms with van der Waals surface area (Å²) in [6.45, 7) is 5.04. The summed E-state index contributed by atoms with van der Waals surface area (Å²) in [5.74, 6) is 0.584. The van der Waals surface area contributed by atoms with Gasteiger partial charge < -0.3 is 15.4 Å². The minimum Gasteiger partial charge on any atom is -0.384 e. The zero-order chi connectivity index (χ0) is 11.4. The number of methoxy groups -OCH3 is 1. The van der Waals surface area contributed by atoms with Crippen molar-refractivity contribution in [1.29, 1.82) is 0 Å². The van der Waals surface area contributed by atoms with Gasteiger partial charge in [-0.1, -0.05) is 18.2 Å². The van der Waals surface area contributed by atoms with Gasteiger partial charge in [-0.15, -0.1) is 0 Å². The van der Waals surface area contributed by atoms with Gasteiger partial charge in [0.2, 0.25) is 0 Å². The first-order valence-corrected chi connectivity index (χ1v) is 5.87. The van der Waals surface area contributed by atoms with Crippen LogP contribution >= 0.6 is 0 Å². The predicted molar refractivity (Wildman–Crippen MR) is 67.0 cm³/mol. The van der Waals surface area contributed by atoms with Crippen molar-refractivity contribution in [3.8, 4) is 0 Å². The Bertz CT molecular complexity index is 340. The van der Waals surface area contributed by atoms with Crippen molar-refractivity contribution in [2.75, 3.05) is 32.1 Å². The molecule has 1 aromatic rings. The van der Waals surface area contributed by atoms with Crippen LogP contribution in [-0.4, -0.2) is 32.8 Å². The Labute approximate surface area is 97.2 Å². The molecule has 1 aliphatic heterocycles. The van der Waals surface area contributed by atoms with Gasteiger partial charge in [0.15, 0.2) is 0 Å². The van der Waals surface area contributed by atoms with E-state index < -0.39 is 0 Å². The molecule has 0 fully saturated rings. The molecule has 0 amide bonds. The second kappa shape index (κ2) is 5.32. The van der Waals surface area contributed by atoms with Gasteiger partial charge in [-0.3, -0.25) is 0 Å². The lowest BCUT2D eigenvalue weighted by Gasteiger charge is -2.14. The van der Waals surface area contributed by atoms with Gasteiger partial charge in [0.1, 0.15) is 0 Å². The summed E-state index contributed by atoms with van der Waals surface area (Å²) in [5, 5.41) is 6.88. The van der Waals surface area contributed by atoms with E-state index in [9.17, 15) is 0 Å². The maximum atomic E-state index is 5.21. The van der Waals surface area contributed by atoms with Crippen LogP contribution in [0.3, 0.4) is 0 Å². The van der Waals surface area contributed by atoms with Crippen molar-refractivity contribution < 1.29 is 4.74 Å². The lowest BCUT2D eigenvalue weighted by Crippen LogP contribution is -2.30. The second-order valence-corrected chi connectivity index (χ2v) is 4.37. The highest BCUT2D eigenvalue weighted by atomic mass is 16.5. The van der Waals surface area contributed by atoms with Crippen LogP contribution in [0.4, 0.5) is 5.69 Å². The van der Waals surface area contributed by atoms with E-state index in [2.05, 4.69) is 41.8 Å². The van der Waals surface area contributed by atoms with Crippen LogP contribution in [0, 0.1) is 0 Å². The maximum absolute atomic E-state index is 5.21. The molecule has 2 rings (SSSR count). The monoisotopic (exact) mass is 220 g/mol. The van der Waals surface area contributed by atoms with Gasteiger partial charge in [-0.05, 0) is 18.6 Å². The molecular weight excluding hydrogens is 200 g/mol. The van der Waals surface area contributed by atoms with Gasteiger partial charge in [-0.2, -0.15) is 0 Å². The lowest BCUT2D eigenvalue weighted by atomic mass is 10.0. The van der Waals surface area contributed by atoms with Gasteiger partial charge in [0.25, 0.3) is 0 Å². The van der Waals surface area contributed by atoms with Gasteiger partial charge in [-0.25, -0.2) is 0 Å². The topological polar surface area (TPSA) is 33.3 Å². The van der Waals surface area contributed by atoms with E-state index in [-0.39, 0.29) is 6.10 Å². The Hall–Kier alpha value is -1.06. The largest absolute Gasteiger partial charge is 0.384 e. The summed E-state index contributed by atoms with van der Waals surface area (Å²) < 4.78 is 5.21. The first-order valence-electron chi connectivity index (χ1n) is 5.87. The average molecular weight is 220 g/mol. The van der Waals surface area contributed by atoms with Gasteiger partial charge >= 0.3 is 0 Å². The SMILES string of the molecule is COC(C)CNCC1CNc2ccccc21. The van der Waals surface area contributed by atoms with Crippen molar-refractivity contribution in [3.05, 3.63) is 29.8 Å². The number of fused-ring (bicyclic) bond motifs is 1. The second-order valence-electron chi connectivity index (χ2n) is 4.37. The third kappa shape index (κ3) is 2.54. The molecule has 0 saturated carbocycles. The molecule has 1 aromatic carbocycles. The molecule has 0 aromatic heterocycles. The molecule has 0 spiro atoms. The molecule has 3 heteroatoms. The highest BCUT2D eigenvalue weighted by Gasteiger charge is 2.20. The summed E-state index contributed by atoms with van der Waals surface area (Å²) >= 11 is 0. The van der Waals surface area contributed by atoms with E-state index in [4.69, 9.17) is 4.74 Å². The van der Waals surface area contributed by atoms with E-state index >= 15 is 0 Å². The Morgan fingerprint density at radius 1 is 1.50 bits per heavy atom. The third-order valence-electron chi connectivity index (χ3n) is 3.16. The van der Waals surface area contributed by atoms with Crippen LogP contribution in [0.15, 0.2) is 24.3 Å². The third-order valence-corrected chi connectivity index (χ3v) is 3.16. The van der Waals surface area contributed by atoms with E-state index in [1.165, 1.54) is 11.3 Å². The standard InChI is InChI=1S/C13H20N2O/c1-10(16-2)7-14-8-11-9-15-13-6-4-3-5-12(11)13/h3-6,10-11,14-15H,7-9H2,1-2H3. The van der Waals surface area contributed by atoms with Crippen LogP contribution in [0.1, 0.15) is 18.4 Å². The zero-order valence-electron chi connectivity index (χ0n) is 9.99. The molecule has 88 valence electrons. The van der Waals surface area contributed by atoms with Crippen LogP contribution in [-0.2, 0) is 4.74 Å². The molecule has 0 saturated heterocycles. The summed E-state index contributed by atoms with van der Waals surface area (Å²) in [6.07, 6.45) is 0.282. The minimum atomic E-state index is 0.282. The molecule has 2 atom stereocenters. The molecule has 1 aliphatic rings. The summed E-state index contributed by atoms with van der Waals surface area (Å²) in [6, 6.07) is 8.54. The Kier molecular flexibility index (Phi) is 3.80. The zero-order valence-corrected chi connectivity index (χ0v) is 9.99. The van der Waals surface area contributed by atoms with Crippen LogP contribution < -0.4 is 10.6 Å². The van der Waals surface area contributed by atoms with Crippen molar-refractivity contribution in [1.82, 2.24) is 5.32 Å². The Balaban J connectivity index is 1.84. The number of hydrogen-bond donors (Lipinski definition) is 2. The highest BCUT2D eigenvalue weighted by molar-refractivity contribution is 5.57. The molecule has 0 bridgehead atoms. The van der Waals surface area contributed by atoms with E-state index in [1.54, 1.807) is 7.11 Å². The highest BCUT2D eigenvalue weighted by Crippen LogP contribution is 2.30. The number of rotatable bonds is 5. The number of anilines is 1. The smallest absolute Gasteiger partial charge is 0.0667 e. The van der Waals surface area contributed by atoms with Gasteiger partial charge in [0.05, 0.1) is 6.10 Å². The van der Waals surface area contributed by atoms with Crippen LogP contribution in [0.25, 0.3) is 0 Å². The summed E-state index contributed by atoms with van der Waals surface area (Å²) in [7, 11) is 1.75. The van der Waals surface area contributed by atoms with Crippen LogP contribution in [0.2, 0.25) is 0 Å². The maximum Gasteiger partial charge on any atom is 0.0667 e. The molecular formula is C13H20N2O. The lowest BCUT2D eigenvalue weighted by molar-refractivity contribution is 0.117. The number of para-hydroxylation sites is 1. The van der Waals surface area contributed by atoms with Crippen molar-refractivity contribution >= 4 is 5.69 Å². The molecule has 2 unspecified atom stereocenters. The predicted octanol–water partition coefficient (Wildman–Crippen LogP) is 1.82. The fourth-order valence-electron chi connectivity index (χ4n) is 2.08. The molecule has 1 heterocycles. The van der Waals surface area contributed by atoms with Crippen molar-refractivity contribution in [3.63, 3.8) is 0 Å². The molecule has 2 N–H and O–H groups in total. The Morgan fingerprint density at radius 2 is 2.31 bits per heavy atom. The number of benzene rings is 1. The molecule has 3 nitrogen and oxygen atoms in total. The number of nitrogens with one attached hydrogen (secondary N) is 2. The molecule has 0 aliphatic carbocycles. The summed E-state index contributed by atoms with van der Waals surface area (Å²) in [4.78, 5) is 0. The quantitative estimate of drug-likeness (QED) is 0.794. The normalized spacial score (nSPS) is 20.2. The van der Waals surface area contributed by atoms with Crippen molar-refractivity contribution in [2.24, 2.45) is 0 Å². The fourth-order valence-corrected chi connectivity index (χ4v) is 2.08. The minimum absolute atomic E-state index is 0.282. The summed E-state index contributed by atoms with van der Waals surface area (Å²) in [5.41, 5.74) is 2.72. The van der Waals surface area contributed by atoms with E-state index in [0.29, 0.717) is 5.92 Å². The van der Waals surface area contributed by atoms with Crippen molar-refractivity contribution in [2.45, 2.75) is 18.9 Å². The first kappa shape index (κ1) is 11.4. The first-order chi connectivity index (χ1) is 7.81. The van der Waals surface area contributed by atoms with Gasteiger partial charge in [0, 0.05) is 38.3 Å².